The Hall–Kier alpha value is -2.67. The third kappa shape index (κ3) is 3.46. The Morgan fingerprint density at radius 1 is 1.25 bits per heavy atom. The van der Waals surface area contributed by atoms with Crippen LogP contribution in [0.25, 0.3) is 0 Å². The number of nitrogens with one attached hydrogen (secondary N) is 1. The summed E-state index contributed by atoms with van der Waals surface area (Å²) in [5.74, 6) is -0.128. The van der Waals surface area contributed by atoms with Gasteiger partial charge >= 0.3 is 0 Å². The van der Waals surface area contributed by atoms with Gasteiger partial charge in [0.1, 0.15) is 11.5 Å². The van der Waals surface area contributed by atoms with Crippen molar-refractivity contribution in [2.75, 3.05) is 23.3 Å². The molecule has 1 saturated heterocycles. The van der Waals surface area contributed by atoms with E-state index in [-0.39, 0.29) is 11.3 Å². The Kier molecular flexibility index (Phi) is 4.61. The summed E-state index contributed by atoms with van der Waals surface area (Å²) in [6, 6.07) is 7.69. The lowest BCUT2D eigenvalue weighted by Gasteiger charge is -2.17. The molecule has 8 heteroatoms. The van der Waals surface area contributed by atoms with E-state index in [4.69, 9.17) is 11.6 Å². The van der Waals surface area contributed by atoms with Gasteiger partial charge in [-0.2, -0.15) is 0 Å². The lowest BCUT2D eigenvalue weighted by atomic mass is 10.1. The van der Waals surface area contributed by atoms with Crippen molar-refractivity contribution in [3.63, 3.8) is 0 Å². The number of nitrogens with zero attached hydrogens (tertiary/aromatic N) is 3. The molecule has 0 atom stereocenters. The maximum absolute atomic E-state index is 12.3. The number of nitro benzene ring substituents is 1. The lowest BCUT2D eigenvalue weighted by Crippen LogP contribution is -2.20. The first-order valence-electron chi connectivity index (χ1n) is 7.51. The molecule has 1 aliphatic rings. The van der Waals surface area contributed by atoms with Crippen LogP contribution < -0.4 is 10.2 Å². The van der Waals surface area contributed by atoms with Gasteiger partial charge in [-0.05, 0) is 37.1 Å². The summed E-state index contributed by atoms with van der Waals surface area (Å²) in [5, 5.41) is 14.4. The zero-order chi connectivity index (χ0) is 17.1. The van der Waals surface area contributed by atoms with Crippen LogP contribution in [0.5, 0.6) is 0 Å². The number of carbonyl (C=O) groups is 1. The molecule has 0 saturated carbocycles. The van der Waals surface area contributed by atoms with Crippen LogP contribution in [0.15, 0.2) is 36.5 Å². The second-order valence-electron chi connectivity index (χ2n) is 5.47. The maximum Gasteiger partial charge on any atom is 0.293 e. The smallest absolute Gasteiger partial charge is 0.293 e. The van der Waals surface area contributed by atoms with Gasteiger partial charge in [-0.15, -0.1) is 0 Å². The molecular formula is C16H15ClN4O3. The topological polar surface area (TPSA) is 88.4 Å². The van der Waals surface area contributed by atoms with Gasteiger partial charge in [-0.3, -0.25) is 14.9 Å². The minimum atomic E-state index is -0.458. The van der Waals surface area contributed by atoms with Gasteiger partial charge in [0.25, 0.3) is 11.6 Å². The first-order chi connectivity index (χ1) is 11.5. The molecule has 7 nitrogen and oxygen atoms in total. The fourth-order valence-electron chi connectivity index (χ4n) is 2.67. The molecule has 1 N–H and O–H groups in total. The van der Waals surface area contributed by atoms with Crippen molar-refractivity contribution in [3.05, 3.63) is 57.2 Å². The first kappa shape index (κ1) is 16.2. The minimum Gasteiger partial charge on any atom is -0.366 e. The highest BCUT2D eigenvalue weighted by Gasteiger charge is 2.23. The molecule has 1 aromatic heterocycles. The summed E-state index contributed by atoms with van der Waals surface area (Å²) in [4.78, 5) is 29.2. The van der Waals surface area contributed by atoms with Gasteiger partial charge in [0, 0.05) is 30.9 Å². The van der Waals surface area contributed by atoms with E-state index in [9.17, 15) is 14.9 Å². The van der Waals surface area contributed by atoms with Gasteiger partial charge < -0.3 is 10.2 Å². The molecule has 0 radical (unpaired) electrons. The van der Waals surface area contributed by atoms with E-state index in [2.05, 4.69) is 10.3 Å². The molecule has 24 heavy (non-hydrogen) atoms. The number of hydrogen-bond donors (Lipinski definition) is 1. The molecule has 2 aromatic rings. The van der Waals surface area contributed by atoms with Crippen LogP contribution in [0.4, 0.5) is 17.2 Å². The summed E-state index contributed by atoms with van der Waals surface area (Å²) in [6.07, 6.45) is 3.44. The average Bonchev–Trinajstić information content (AvgIpc) is 3.10. The van der Waals surface area contributed by atoms with Crippen LogP contribution in [-0.2, 0) is 0 Å². The monoisotopic (exact) mass is 346 g/mol. The summed E-state index contributed by atoms with van der Waals surface area (Å²) in [6.45, 7) is 1.59. The van der Waals surface area contributed by atoms with Crippen molar-refractivity contribution >= 4 is 34.7 Å². The third-order valence-electron chi connectivity index (χ3n) is 3.85. The van der Waals surface area contributed by atoms with Crippen LogP contribution >= 0.6 is 11.6 Å². The van der Waals surface area contributed by atoms with Crippen molar-refractivity contribution in [2.24, 2.45) is 0 Å². The number of hydrogen-bond acceptors (Lipinski definition) is 5. The largest absolute Gasteiger partial charge is 0.366 e. The number of rotatable bonds is 4. The number of pyridine rings is 1. The van der Waals surface area contributed by atoms with Crippen molar-refractivity contribution in [3.8, 4) is 0 Å². The molecule has 1 amide bonds. The second-order valence-corrected chi connectivity index (χ2v) is 5.91. The molecule has 0 aliphatic carbocycles. The van der Waals surface area contributed by atoms with Gasteiger partial charge in [0.05, 0.1) is 9.95 Å². The van der Waals surface area contributed by atoms with Crippen molar-refractivity contribution < 1.29 is 9.72 Å². The lowest BCUT2D eigenvalue weighted by molar-refractivity contribution is -0.384. The molecule has 0 spiro atoms. The minimum absolute atomic E-state index is 0.0615. The Morgan fingerprint density at radius 2 is 2.00 bits per heavy atom. The quantitative estimate of drug-likeness (QED) is 0.676. The molecule has 2 heterocycles. The maximum atomic E-state index is 12.3. The predicted molar refractivity (Wildman–Crippen MR) is 91.7 cm³/mol. The molecular weight excluding hydrogens is 332 g/mol. The highest BCUT2D eigenvalue weighted by Crippen LogP contribution is 2.31. The molecule has 0 bridgehead atoms. The summed E-state index contributed by atoms with van der Waals surface area (Å²) in [7, 11) is 0. The fourth-order valence-corrected chi connectivity index (χ4v) is 2.79. The number of aromatic nitrogens is 1. The van der Waals surface area contributed by atoms with Crippen molar-refractivity contribution in [2.45, 2.75) is 12.8 Å². The standard InChI is InChI=1S/C16H15ClN4O3/c17-12-4-6-15(18-10-12)19-16(22)11-3-5-13(14(9-11)21(23)24)20-7-1-2-8-20/h3-6,9-10H,1-2,7-8H2,(H,18,19,22). The number of benzene rings is 1. The number of carbonyl (C=O) groups excluding carboxylic acids is 1. The van der Waals surface area contributed by atoms with Gasteiger partial charge in [-0.25, -0.2) is 4.98 Å². The van der Waals surface area contributed by atoms with Crippen LogP contribution in [0, 0.1) is 10.1 Å². The van der Waals surface area contributed by atoms with Crippen LogP contribution in [0.1, 0.15) is 23.2 Å². The van der Waals surface area contributed by atoms with E-state index in [0.29, 0.717) is 16.5 Å². The van der Waals surface area contributed by atoms with Gasteiger partial charge in [0.2, 0.25) is 0 Å². The van der Waals surface area contributed by atoms with E-state index < -0.39 is 10.8 Å². The Balaban J connectivity index is 1.85. The highest BCUT2D eigenvalue weighted by molar-refractivity contribution is 6.30. The van der Waals surface area contributed by atoms with Crippen LogP contribution in [0.3, 0.4) is 0 Å². The van der Waals surface area contributed by atoms with E-state index in [1.807, 2.05) is 4.90 Å². The Labute approximate surface area is 143 Å². The van der Waals surface area contributed by atoms with E-state index in [1.165, 1.54) is 12.3 Å². The van der Waals surface area contributed by atoms with Crippen LogP contribution in [0.2, 0.25) is 5.02 Å². The van der Waals surface area contributed by atoms with E-state index in [0.717, 1.165) is 25.9 Å². The third-order valence-corrected chi connectivity index (χ3v) is 4.07. The zero-order valence-electron chi connectivity index (χ0n) is 12.7. The van der Waals surface area contributed by atoms with Crippen molar-refractivity contribution in [1.82, 2.24) is 4.98 Å². The molecule has 1 aliphatic heterocycles. The number of nitro groups is 1. The fraction of sp³-hybridized carbons (Fsp3) is 0.250. The Morgan fingerprint density at radius 3 is 2.62 bits per heavy atom. The summed E-state index contributed by atoms with van der Waals surface area (Å²) < 4.78 is 0. The summed E-state index contributed by atoms with van der Waals surface area (Å²) >= 11 is 5.75. The van der Waals surface area contributed by atoms with Gasteiger partial charge in [-0.1, -0.05) is 11.6 Å². The molecule has 0 unspecified atom stereocenters. The van der Waals surface area contributed by atoms with E-state index in [1.54, 1.807) is 24.3 Å². The van der Waals surface area contributed by atoms with E-state index >= 15 is 0 Å². The number of anilines is 2. The highest BCUT2D eigenvalue weighted by atomic mass is 35.5. The number of amides is 1. The molecule has 3 rings (SSSR count). The zero-order valence-corrected chi connectivity index (χ0v) is 13.5. The van der Waals surface area contributed by atoms with Crippen LogP contribution in [-0.4, -0.2) is 28.9 Å². The number of halogens is 1. The molecule has 1 aromatic carbocycles. The second kappa shape index (κ2) is 6.84. The van der Waals surface area contributed by atoms with Gasteiger partial charge in [0.15, 0.2) is 0 Å². The summed E-state index contributed by atoms with van der Waals surface area (Å²) in [5.41, 5.74) is 0.702. The SMILES string of the molecule is O=C(Nc1ccc(Cl)cn1)c1ccc(N2CCCC2)c([N+](=O)[O-])c1. The first-order valence-corrected chi connectivity index (χ1v) is 7.89. The Bertz CT molecular complexity index is 773. The normalized spacial score (nSPS) is 13.8. The average molecular weight is 347 g/mol. The molecule has 1 fully saturated rings. The molecule has 124 valence electrons. The predicted octanol–water partition coefficient (Wildman–Crippen LogP) is 3.50. The van der Waals surface area contributed by atoms with Crippen molar-refractivity contribution in [1.29, 1.82) is 0 Å².